The fourth-order valence-electron chi connectivity index (χ4n) is 2.32. The van der Waals surface area contributed by atoms with Crippen molar-refractivity contribution in [1.29, 1.82) is 0 Å². The van der Waals surface area contributed by atoms with Gasteiger partial charge in [0.25, 0.3) is 0 Å². The molecule has 1 N–H and O–H groups in total. The molecule has 1 aliphatic rings. The molecule has 0 bridgehead atoms. The van der Waals surface area contributed by atoms with Crippen LogP contribution in [0.5, 0.6) is 0 Å². The van der Waals surface area contributed by atoms with Crippen LogP contribution in [0.25, 0.3) is 0 Å². The lowest BCUT2D eigenvalue weighted by Crippen LogP contribution is -2.36. The lowest BCUT2D eigenvalue weighted by molar-refractivity contribution is 0.0407. The van der Waals surface area contributed by atoms with Crippen LogP contribution in [0.4, 0.5) is 0 Å². The van der Waals surface area contributed by atoms with E-state index in [2.05, 4.69) is 29.2 Å². The van der Waals surface area contributed by atoms with Gasteiger partial charge in [0.1, 0.15) is 0 Å². The zero-order valence-electron chi connectivity index (χ0n) is 10.7. The van der Waals surface area contributed by atoms with Gasteiger partial charge in [-0.2, -0.15) is 0 Å². The predicted molar refractivity (Wildman–Crippen MR) is 71.1 cm³/mol. The first-order chi connectivity index (χ1) is 8.79. The Balaban J connectivity index is 1.91. The van der Waals surface area contributed by atoms with Crippen molar-refractivity contribution in [3.63, 3.8) is 0 Å². The molecule has 0 aliphatic carbocycles. The fourth-order valence-corrected chi connectivity index (χ4v) is 2.32. The van der Waals surface area contributed by atoms with Crippen LogP contribution in [0, 0.1) is 0 Å². The van der Waals surface area contributed by atoms with E-state index < -0.39 is 0 Å². The normalized spacial score (nSPS) is 17.7. The molecule has 0 radical (unpaired) electrons. The van der Waals surface area contributed by atoms with Gasteiger partial charge in [-0.05, 0) is 31.0 Å². The van der Waals surface area contributed by atoms with Crippen LogP contribution >= 0.6 is 0 Å². The smallest absolute Gasteiger partial charge is 0.0733 e. The van der Waals surface area contributed by atoms with E-state index >= 15 is 0 Å². The maximum absolute atomic E-state index is 8.45. The highest BCUT2D eigenvalue weighted by Crippen LogP contribution is 2.15. The molecule has 4 nitrogen and oxygen atoms in total. The Bertz CT molecular complexity index is 383. The Labute approximate surface area is 108 Å². The first-order valence-corrected chi connectivity index (χ1v) is 6.34. The largest absolute Gasteiger partial charge is 0.411 e. The average Bonchev–Trinajstić information content (AvgIpc) is 2.42. The van der Waals surface area contributed by atoms with Crippen molar-refractivity contribution >= 4 is 6.21 Å². The molecule has 0 amide bonds. The third-order valence-electron chi connectivity index (χ3n) is 3.43. The SMILES string of the molecule is CN(Cc1ccc(/C=N/O)cc1)C1CCOCC1. The van der Waals surface area contributed by atoms with E-state index in [4.69, 9.17) is 9.94 Å². The molecule has 0 aromatic heterocycles. The molecule has 0 saturated carbocycles. The number of hydrogen-bond acceptors (Lipinski definition) is 4. The molecule has 1 aromatic carbocycles. The van der Waals surface area contributed by atoms with E-state index in [-0.39, 0.29) is 0 Å². The number of benzene rings is 1. The van der Waals surface area contributed by atoms with Gasteiger partial charge in [0.15, 0.2) is 0 Å². The van der Waals surface area contributed by atoms with Crippen molar-refractivity contribution in [3.05, 3.63) is 35.4 Å². The van der Waals surface area contributed by atoms with Crippen LogP contribution in [0.3, 0.4) is 0 Å². The van der Waals surface area contributed by atoms with Crippen molar-refractivity contribution in [3.8, 4) is 0 Å². The van der Waals surface area contributed by atoms with Crippen molar-refractivity contribution in [2.45, 2.75) is 25.4 Å². The van der Waals surface area contributed by atoms with Crippen molar-refractivity contribution in [2.24, 2.45) is 5.16 Å². The Morgan fingerprint density at radius 3 is 2.61 bits per heavy atom. The zero-order valence-corrected chi connectivity index (χ0v) is 10.7. The van der Waals surface area contributed by atoms with Crippen LogP contribution in [0.2, 0.25) is 0 Å². The van der Waals surface area contributed by atoms with Crippen LogP contribution in [0.15, 0.2) is 29.4 Å². The Hall–Kier alpha value is -1.39. The molecule has 0 atom stereocenters. The van der Waals surface area contributed by atoms with Gasteiger partial charge in [-0.1, -0.05) is 29.4 Å². The molecular weight excluding hydrogens is 228 g/mol. The topological polar surface area (TPSA) is 45.1 Å². The molecular formula is C14H20N2O2. The minimum atomic E-state index is 0.623. The number of rotatable bonds is 4. The summed E-state index contributed by atoms with van der Waals surface area (Å²) in [5.41, 5.74) is 2.19. The lowest BCUT2D eigenvalue weighted by atomic mass is 10.1. The van der Waals surface area contributed by atoms with Gasteiger partial charge in [0, 0.05) is 25.8 Å². The van der Waals surface area contributed by atoms with Crippen molar-refractivity contribution < 1.29 is 9.94 Å². The number of hydrogen-bond donors (Lipinski definition) is 1. The summed E-state index contributed by atoms with van der Waals surface area (Å²) >= 11 is 0. The van der Waals surface area contributed by atoms with E-state index in [0.717, 1.165) is 38.2 Å². The second-order valence-corrected chi connectivity index (χ2v) is 4.74. The Morgan fingerprint density at radius 1 is 1.33 bits per heavy atom. The number of oxime groups is 1. The highest BCUT2D eigenvalue weighted by molar-refractivity contribution is 5.78. The summed E-state index contributed by atoms with van der Waals surface area (Å²) in [5, 5.41) is 11.5. The van der Waals surface area contributed by atoms with E-state index in [9.17, 15) is 0 Å². The van der Waals surface area contributed by atoms with E-state index in [1.165, 1.54) is 11.8 Å². The highest BCUT2D eigenvalue weighted by atomic mass is 16.5. The third-order valence-corrected chi connectivity index (χ3v) is 3.43. The molecule has 98 valence electrons. The number of ether oxygens (including phenoxy) is 1. The summed E-state index contributed by atoms with van der Waals surface area (Å²) in [7, 11) is 2.17. The molecule has 1 aliphatic heterocycles. The van der Waals surface area contributed by atoms with Crippen molar-refractivity contribution in [1.82, 2.24) is 4.90 Å². The van der Waals surface area contributed by atoms with Gasteiger partial charge in [-0.15, -0.1) is 0 Å². The van der Waals surface area contributed by atoms with Gasteiger partial charge >= 0.3 is 0 Å². The van der Waals surface area contributed by atoms with Crippen LogP contribution in [-0.2, 0) is 11.3 Å². The lowest BCUT2D eigenvalue weighted by Gasteiger charge is -2.31. The first kappa shape index (κ1) is 13.1. The summed E-state index contributed by atoms with van der Waals surface area (Å²) < 4.78 is 5.38. The summed E-state index contributed by atoms with van der Waals surface area (Å²) in [5.74, 6) is 0. The second-order valence-electron chi connectivity index (χ2n) is 4.74. The maximum atomic E-state index is 8.45. The van der Waals surface area contributed by atoms with Crippen LogP contribution in [0.1, 0.15) is 24.0 Å². The molecule has 0 spiro atoms. The van der Waals surface area contributed by atoms with Gasteiger partial charge in [0.05, 0.1) is 6.21 Å². The monoisotopic (exact) mass is 248 g/mol. The summed E-state index contributed by atoms with van der Waals surface area (Å²) in [6.07, 6.45) is 3.67. The quantitative estimate of drug-likeness (QED) is 0.504. The Morgan fingerprint density at radius 2 is 2.00 bits per heavy atom. The minimum Gasteiger partial charge on any atom is -0.411 e. The molecule has 1 aromatic rings. The van der Waals surface area contributed by atoms with Gasteiger partial charge in [0.2, 0.25) is 0 Å². The van der Waals surface area contributed by atoms with E-state index in [1.807, 2.05) is 12.1 Å². The molecule has 18 heavy (non-hydrogen) atoms. The Kier molecular flexibility index (Phi) is 4.73. The summed E-state index contributed by atoms with van der Waals surface area (Å²) in [6, 6.07) is 8.71. The van der Waals surface area contributed by atoms with E-state index in [0.29, 0.717) is 6.04 Å². The highest BCUT2D eigenvalue weighted by Gasteiger charge is 2.18. The summed E-state index contributed by atoms with van der Waals surface area (Å²) in [4.78, 5) is 2.39. The molecule has 0 unspecified atom stereocenters. The van der Waals surface area contributed by atoms with Gasteiger partial charge in [-0.25, -0.2) is 0 Å². The van der Waals surface area contributed by atoms with Gasteiger partial charge in [-0.3, -0.25) is 4.90 Å². The molecule has 1 fully saturated rings. The standard InChI is InChI=1S/C14H20N2O2/c1-16(14-6-8-18-9-7-14)11-13-4-2-12(3-5-13)10-15-17/h2-5,10,14,17H,6-9,11H2,1H3/b15-10+. The first-order valence-electron chi connectivity index (χ1n) is 6.34. The summed E-state index contributed by atoms with van der Waals surface area (Å²) in [6.45, 7) is 2.70. The molecule has 2 rings (SSSR count). The van der Waals surface area contributed by atoms with E-state index in [1.54, 1.807) is 0 Å². The van der Waals surface area contributed by atoms with Crippen LogP contribution < -0.4 is 0 Å². The molecule has 4 heteroatoms. The predicted octanol–water partition coefficient (Wildman–Crippen LogP) is 2.11. The van der Waals surface area contributed by atoms with Crippen LogP contribution in [-0.4, -0.2) is 42.6 Å². The fraction of sp³-hybridized carbons (Fsp3) is 0.500. The third kappa shape index (κ3) is 3.55. The minimum absolute atomic E-state index is 0.623. The zero-order chi connectivity index (χ0) is 12.8. The average molecular weight is 248 g/mol. The van der Waals surface area contributed by atoms with Gasteiger partial charge < -0.3 is 9.94 Å². The second kappa shape index (κ2) is 6.52. The van der Waals surface area contributed by atoms with Crippen molar-refractivity contribution in [2.75, 3.05) is 20.3 Å². The molecule has 1 heterocycles. The molecule has 1 saturated heterocycles. The maximum Gasteiger partial charge on any atom is 0.0733 e. The number of nitrogens with zero attached hydrogens (tertiary/aromatic N) is 2.